The summed E-state index contributed by atoms with van der Waals surface area (Å²) < 4.78 is 30.7. The van der Waals surface area contributed by atoms with Crippen molar-refractivity contribution in [3.63, 3.8) is 0 Å². The Morgan fingerprint density at radius 1 is 0.963 bits per heavy atom. The van der Waals surface area contributed by atoms with E-state index in [0.29, 0.717) is 5.69 Å². The van der Waals surface area contributed by atoms with Crippen molar-refractivity contribution >= 4 is 48.0 Å². The van der Waals surface area contributed by atoms with Gasteiger partial charge in [0.15, 0.2) is 0 Å². The van der Waals surface area contributed by atoms with E-state index < -0.39 is 10.0 Å². The summed E-state index contributed by atoms with van der Waals surface area (Å²) in [5, 5.41) is 1.85. The van der Waals surface area contributed by atoms with Crippen molar-refractivity contribution in [1.29, 1.82) is 0 Å². The van der Waals surface area contributed by atoms with Crippen molar-refractivity contribution in [2.75, 3.05) is 4.72 Å². The molecule has 0 spiro atoms. The van der Waals surface area contributed by atoms with E-state index in [-0.39, 0.29) is 15.8 Å². The molecule has 5 nitrogen and oxygen atoms in total. The minimum Gasteiger partial charge on any atom is -0.296 e. The summed E-state index contributed by atoms with van der Waals surface area (Å²) in [4.78, 5) is 12.3. The Bertz CT molecular complexity index is 1320. The molecular weight excluding hydrogens is 380 g/mol. The molecule has 0 atom stereocenters. The number of fused-ring (bicyclic) bond motifs is 2. The zero-order valence-corrected chi connectivity index (χ0v) is 16.5. The smallest absolute Gasteiger partial charge is 0.296 e. The Morgan fingerprint density at radius 3 is 2.44 bits per heavy atom. The molecule has 27 heavy (non-hydrogen) atoms. The van der Waals surface area contributed by atoms with E-state index in [4.69, 9.17) is 0 Å². The normalized spacial score (nSPS) is 12.1. The molecular formula is C20H18N2O3S2. The van der Waals surface area contributed by atoms with Crippen LogP contribution in [0.2, 0.25) is 0 Å². The number of aromatic nitrogens is 1. The number of nitrogens with zero attached hydrogens (tertiary/aromatic N) is 1. The van der Waals surface area contributed by atoms with Gasteiger partial charge >= 0.3 is 4.87 Å². The second kappa shape index (κ2) is 6.51. The molecule has 4 aromatic rings. The predicted octanol–water partition coefficient (Wildman–Crippen LogP) is 4.60. The molecule has 0 fully saturated rings. The highest BCUT2D eigenvalue weighted by Crippen LogP contribution is 2.26. The summed E-state index contributed by atoms with van der Waals surface area (Å²) >= 11 is 1.12. The molecule has 138 valence electrons. The molecule has 1 aromatic heterocycles. The number of rotatable bonds is 4. The third-order valence-corrected chi connectivity index (χ3v) is 6.71. The lowest BCUT2D eigenvalue weighted by molar-refractivity contribution is 0.601. The van der Waals surface area contributed by atoms with Crippen LogP contribution in [0, 0.1) is 0 Å². The zero-order chi connectivity index (χ0) is 19.2. The molecule has 0 amide bonds. The van der Waals surface area contributed by atoms with Gasteiger partial charge in [0, 0.05) is 6.04 Å². The standard InChI is InChI=1S/C20H18N2O3S2/c1-13(2)22-18-10-8-16(12-19(18)26-20(22)23)21-27(24,25)17-9-7-14-5-3-4-6-15(14)11-17/h3-13,21H,1-2H3. The third kappa shape index (κ3) is 3.24. The van der Waals surface area contributed by atoms with Gasteiger partial charge < -0.3 is 0 Å². The average molecular weight is 399 g/mol. The van der Waals surface area contributed by atoms with Gasteiger partial charge in [-0.05, 0) is 55.0 Å². The summed E-state index contributed by atoms with van der Waals surface area (Å²) in [5.41, 5.74) is 1.25. The second-order valence-corrected chi connectivity index (χ2v) is 9.30. The Labute approximate surface area is 160 Å². The first kappa shape index (κ1) is 17.8. The van der Waals surface area contributed by atoms with Crippen LogP contribution in [0.15, 0.2) is 70.4 Å². The lowest BCUT2D eigenvalue weighted by atomic mass is 10.1. The van der Waals surface area contributed by atoms with E-state index in [0.717, 1.165) is 32.3 Å². The fraction of sp³-hybridized carbons (Fsp3) is 0.150. The third-order valence-electron chi connectivity index (χ3n) is 4.41. The topological polar surface area (TPSA) is 68.2 Å². The van der Waals surface area contributed by atoms with Crippen molar-refractivity contribution in [3.05, 3.63) is 70.3 Å². The number of hydrogen-bond acceptors (Lipinski definition) is 4. The molecule has 3 aromatic carbocycles. The van der Waals surface area contributed by atoms with E-state index in [1.54, 1.807) is 41.0 Å². The lowest BCUT2D eigenvalue weighted by Crippen LogP contribution is -2.14. The summed E-state index contributed by atoms with van der Waals surface area (Å²) in [7, 11) is -3.72. The van der Waals surface area contributed by atoms with Crippen LogP contribution < -0.4 is 9.60 Å². The first-order valence-corrected chi connectivity index (χ1v) is 10.8. The molecule has 0 saturated carbocycles. The minimum atomic E-state index is -3.72. The molecule has 0 unspecified atom stereocenters. The Hall–Kier alpha value is -2.64. The van der Waals surface area contributed by atoms with Crippen LogP contribution in [0.4, 0.5) is 5.69 Å². The fourth-order valence-corrected chi connectivity index (χ4v) is 5.27. The fourth-order valence-electron chi connectivity index (χ4n) is 3.14. The summed E-state index contributed by atoms with van der Waals surface area (Å²) in [5.74, 6) is 0. The molecule has 0 aliphatic carbocycles. The van der Waals surface area contributed by atoms with E-state index in [1.807, 2.05) is 38.1 Å². The largest absolute Gasteiger partial charge is 0.308 e. The molecule has 0 aliphatic heterocycles. The molecule has 0 aliphatic rings. The van der Waals surface area contributed by atoms with Crippen LogP contribution in [0.3, 0.4) is 0 Å². The maximum atomic E-state index is 12.8. The molecule has 0 radical (unpaired) electrons. The number of benzene rings is 3. The first-order valence-electron chi connectivity index (χ1n) is 8.52. The second-order valence-electron chi connectivity index (χ2n) is 6.63. The summed E-state index contributed by atoms with van der Waals surface area (Å²) in [6.07, 6.45) is 0. The van der Waals surface area contributed by atoms with Gasteiger partial charge in [-0.3, -0.25) is 14.1 Å². The monoisotopic (exact) mass is 398 g/mol. The maximum Gasteiger partial charge on any atom is 0.308 e. The SMILES string of the molecule is CC(C)n1c(=O)sc2cc(NS(=O)(=O)c3ccc4ccccc4c3)ccc21. The maximum absolute atomic E-state index is 12.8. The van der Waals surface area contributed by atoms with Crippen LogP contribution in [-0.2, 0) is 10.0 Å². The Morgan fingerprint density at radius 2 is 1.70 bits per heavy atom. The highest BCUT2D eigenvalue weighted by atomic mass is 32.2. The Kier molecular flexibility index (Phi) is 4.28. The van der Waals surface area contributed by atoms with E-state index in [1.165, 1.54) is 0 Å². The van der Waals surface area contributed by atoms with Crippen molar-refractivity contribution in [2.45, 2.75) is 24.8 Å². The highest BCUT2D eigenvalue weighted by Gasteiger charge is 2.16. The average Bonchev–Trinajstić information content (AvgIpc) is 2.96. The van der Waals surface area contributed by atoms with Gasteiger partial charge in [0.2, 0.25) is 0 Å². The molecule has 1 heterocycles. The van der Waals surface area contributed by atoms with Crippen molar-refractivity contribution in [2.24, 2.45) is 0 Å². The number of hydrogen-bond donors (Lipinski definition) is 1. The predicted molar refractivity (Wildman–Crippen MR) is 111 cm³/mol. The van der Waals surface area contributed by atoms with Crippen molar-refractivity contribution in [3.8, 4) is 0 Å². The quantitative estimate of drug-likeness (QED) is 0.546. The first-order chi connectivity index (χ1) is 12.8. The number of sulfonamides is 1. The molecule has 4 rings (SSSR count). The number of anilines is 1. The Balaban J connectivity index is 1.72. The van der Waals surface area contributed by atoms with Crippen LogP contribution in [0.1, 0.15) is 19.9 Å². The van der Waals surface area contributed by atoms with Gasteiger partial charge in [0.1, 0.15) is 0 Å². The highest BCUT2D eigenvalue weighted by molar-refractivity contribution is 7.92. The lowest BCUT2D eigenvalue weighted by Gasteiger charge is -2.10. The molecule has 0 saturated heterocycles. The zero-order valence-electron chi connectivity index (χ0n) is 14.8. The minimum absolute atomic E-state index is 0.0467. The van der Waals surface area contributed by atoms with Gasteiger partial charge in [-0.25, -0.2) is 8.42 Å². The summed E-state index contributed by atoms with van der Waals surface area (Å²) in [6.45, 7) is 3.90. The summed E-state index contributed by atoms with van der Waals surface area (Å²) in [6, 6.07) is 17.9. The van der Waals surface area contributed by atoms with Crippen LogP contribution in [0.5, 0.6) is 0 Å². The van der Waals surface area contributed by atoms with Gasteiger partial charge in [-0.2, -0.15) is 0 Å². The number of thiazole rings is 1. The van der Waals surface area contributed by atoms with Gasteiger partial charge in [-0.1, -0.05) is 41.7 Å². The van der Waals surface area contributed by atoms with E-state index >= 15 is 0 Å². The molecule has 1 N–H and O–H groups in total. The van der Waals surface area contributed by atoms with Crippen LogP contribution in [-0.4, -0.2) is 13.0 Å². The van der Waals surface area contributed by atoms with Crippen molar-refractivity contribution in [1.82, 2.24) is 4.57 Å². The van der Waals surface area contributed by atoms with Gasteiger partial charge in [-0.15, -0.1) is 0 Å². The molecule has 7 heteroatoms. The van der Waals surface area contributed by atoms with E-state index in [9.17, 15) is 13.2 Å². The number of nitrogens with one attached hydrogen (secondary N) is 1. The van der Waals surface area contributed by atoms with E-state index in [2.05, 4.69) is 4.72 Å². The van der Waals surface area contributed by atoms with Crippen LogP contribution >= 0.6 is 11.3 Å². The van der Waals surface area contributed by atoms with Gasteiger partial charge in [0.05, 0.1) is 20.8 Å². The van der Waals surface area contributed by atoms with Crippen molar-refractivity contribution < 1.29 is 8.42 Å². The molecule has 0 bridgehead atoms. The van der Waals surface area contributed by atoms with Gasteiger partial charge in [0.25, 0.3) is 10.0 Å². The van der Waals surface area contributed by atoms with Crippen LogP contribution in [0.25, 0.3) is 21.0 Å².